The van der Waals surface area contributed by atoms with Crippen LogP contribution in [-0.2, 0) is 4.79 Å². The number of carbonyl (C=O) groups is 1. The first-order valence-corrected chi connectivity index (χ1v) is 8.60. The van der Waals surface area contributed by atoms with Gasteiger partial charge in [-0.15, -0.1) is 0 Å². The maximum atomic E-state index is 12.5. The third-order valence-electron chi connectivity index (χ3n) is 4.51. The summed E-state index contributed by atoms with van der Waals surface area (Å²) in [4.78, 5) is 12.5. The molecule has 0 bridgehead atoms. The van der Waals surface area contributed by atoms with Crippen LogP contribution in [0.15, 0.2) is 0 Å². The van der Waals surface area contributed by atoms with Gasteiger partial charge in [0.2, 0.25) is 5.91 Å². The fourth-order valence-electron chi connectivity index (χ4n) is 3.36. The lowest BCUT2D eigenvalue weighted by Crippen LogP contribution is -2.47. The monoisotopic (exact) mass is 280 g/mol. The highest BCUT2D eigenvalue weighted by atomic mass is 32.2. The molecule has 2 fully saturated rings. The first-order chi connectivity index (χ1) is 9.22. The van der Waals surface area contributed by atoms with Crippen LogP contribution in [0.1, 0.15) is 58.3 Å². The van der Waals surface area contributed by atoms with Crippen LogP contribution >= 0.6 is 11.8 Å². The molecule has 0 heterocycles. The van der Waals surface area contributed by atoms with Crippen LogP contribution in [0.5, 0.6) is 0 Å². The van der Waals surface area contributed by atoms with Gasteiger partial charge < -0.3 is 5.32 Å². The van der Waals surface area contributed by atoms with E-state index in [9.17, 15) is 10.1 Å². The number of nitriles is 1. The minimum Gasteiger partial charge on any atom is -0.351 e. The number of rotatable bonds is 4. The van der Waals surface area contributed by atoms with Crippen molar-refractivity contribution in [2.45, 2.75) is 69.6 Å². The fourth-order valence-corrected chi connectivity index (χ4v) is 4.55. The van der Waals surface area contributed by atoms with E-state index in [0.717, 1.165) is 44.3 Å². The molecule has 2 saturated carbocycles. The first kappa shape index (κ1) is 14.7. The van der Waals surface area contributed by atoms with Crippen molar-refractivity contribution in [2.24, 2.45) is 5.41 Å². The minimum absolute atomic E-state index is 0.00306. The van der Waals surface area contributed by atoms with Crippen molar-refractivity contribution in [2.75, 3.05) is 5.75 Å². The zero-order chi connectivity index (χ0) is 13.7. The molecule has 1 N–H and O–H groups in total. The highest BCUT2D eigenvalue weighted by Gasteiger charge is 2.41. The number of carbonyl (C=O) groups excluding carboxylic acids is 1. The quantitative estimate of drug-likeness (QED) is 0.860. The fraction of sp³-hybridized carbons (Fsp3) is 0.867. The molecule has 2 aliphatic rings. The highest BCUT2D eigenvalue weighted by molar-refractivity contribution is 7.99. The molecule has 2 atom stereocenters. The van der Waals surface area contributed by atoms with Crippen molar-refractivity contribution in [3.05, 3.63) is 0 Å². The molecule has 19 heavy (non-hydrogen) atoms. The van der Waals surface area contributed by atoms with E-state index in [1.54, 1.807) is 0 Å². The van der Waals surface area contributed by atoms with Crippen LogP contribution in [0.3, 0.4) is 0 Å². The predicted octanol–water partition coefficient (Wildman–Crippen LogP) is 3.25. The second-order valence-corrected chi connectivity index (χ2v) is 7.28. The van der Waals surface area contributed by atoms with Crippen molar-refractivity contribution in [1.29, 1.82) is 5.26 Å². The van der Waals surface area contributed by atoms with Crippen molar-refractivity contribution >= 4 is 17.7 Å². The zero-order valence-electron chi connectivity index (χ0n) is 11.8. The summed E-state index contributed by atoms with van der Waals surface area (Å²) in [6, 6.07) is 2.60. The van der Waals surface area contributed by atoms with E-state index >= 15 is 0 Å². The molecule has 3 nitrogen and oxygen atoms in total. The third kappa shape index (κ3) is 3.25. The number of hydrogen-bond donors (Lipinski definition) is 1. The average molecular weight is 280 g/mol. The number of nitrogens with zero attached hydrogens (tertiary/aromatic N) is 1. The van der Waals surface area contributed by atoms with E-state index in [1.165, 1.54) is 12.8 Å². The number of thioether (sulfide) groups is 1. The number of hydrogen-bond acceptors (Lipinski definition) is 3. The first-order valence-electron chi connectivity index (χ1n) is 7.55. The summed E-state index contributed by atoms with van der Waals surface area (Å²) in [5.74, 6) is 1.10. The molecule has 106 valence electrons. The van der Waals surface area contributed by atoms with Gasteiger partial charge in [-0.1, -0.05) is 32.6 Å². The topological polar surface area (TPSA) is 52.9 Å². The van der Waals surface area contributed by atoms with Gasteiger partial charge in [0.1, 0.15) is 5.41 Å². The smallest absolute Gasteiger partial charge is 0.240 e. The van der Waals surface area contributed by atoms with E-state index in [0.29, 0.717) is 5.25 Å². The van der Waals surface area contributed by atoms with Crippen LogP contribution < -0.4 is 5.32 Å². The Morgan fingerprint density at radius 2 is 2.05 bits per heavy atom. The molecule has 0 aromatic rings. The lowest BCUT2D eigenvalue weighted by molar-refractivity contribution is -0.130. The lowest BCUT2D eigenvalue weighted by atomic mass is 9.74. The SMILES string of the molecule is CCSC1CCCC1NC(=O)C1(C#N)CCCCC1. The minimum atomic E-state index is -0.734. The molecular formula is C15H24N2OS. The van der Waals surface area contributed by atoms with Gasteiger partial charge in [0.05, 0.1) is 6.07 Å². The molecule has 4 heteroatoms. The summed E-state index contributed by atoms with van der Waals surface area (Å²) >= 11 is 1.94. The Bertz CT molecular complexity index is 358. The average Bonchev–Trinajstić information content (AvgIpc) is 2.87. The van der Waals surface area contributed by atoms with Crippen molar-refractivity contribution in [1.82, 2.24) is 5.32 Å². The van der Waals surface area contributed by atoms with E-state index < -0.39 is 5.41 Å². The van der Waals surface area contributed by atoms with E-state index in [4.69, 9.17) is 0 Å². The van der Waals surface area contributed by atoms with E-state index in [2.05, 4.69) is 18.3 Å². The van der Waals surface area contributed by atoms with Crippen LogP contribution in [0.25, 0.3) is 0 Å². The zero-order valence-corrected chi connectivity index (χ0v) is 12.6. The predicted molar refractivity (Wildman–Crippen MR) is 78.8 cm³/mol. The molecule has 0 aromatic heterocycles. The van der Waals surface area contributed by atoms with Gasteiger partial charge in [0.15, 0.2) is 0 Å². The maximum Gasteiger partial charge on any atom is 0.240 e. The summed E-state index contributed by atoms with van der Waals surface area (Å²) in [7, 11) is 0. The highest BCUT2D eigenvalue weighted by Crippen LogP contribution is 2.37. The van der Waals surface area contributed by atoms with Gasteiger partial charge in [-0.2, -0.15) is 17.0 Å². The van der Waals surface area contributed by atoms with Gasteiger partial charge in [-0.25, -0.2) is 0 Å². The third-order valence-corrected chi connectivity index (χ3v) is 5.83. The summed E-state index contributed by atoms with van der Waals surface area (Å²) in [5.41, 5.74) is -0.734. The van der Waals surface area contributed by atoms with Gasteiger partial charge >= 0.3 is 0 Å². The van der Waals surface area contributed by atoms with Gasteiger partial charge in [0.25, 0.3) is 0 Å². The van der Waals surface area contributed by atoms with Crippen molar-refractivity contribution in [3.63, 3.8) is 0 Å². The van der Waals surface area contributed by atoms with Gasteiger partial charge in [-0.3, -0.25) is 4.79 Å². The van der Waals surface area contributed by atoms with E-state index in [1.807, 2.05) is 11.8 Å². The second kappa shape index (κ2) is 6.65. The van der Waals surface area contributed by atoms with E-state index in [-0.39, 0.29) is 11.9 Å². The largest absolute Gasteiger partial charge is 0.351 e. The normalized spacial score (nSPS) is 29.7. The molecule has 0 aliphatic heterocycles. The summed E-state index contributed by atoms with van der Waals surface area (Å²) in [5, 5.41) is 13.2. The molecular weight excluding hydrogens is 256 g/mol. The van der Waals surface area contributed by atoms with Crippen molar-refractivity contribution < 1.29 is 4.79 Å². The second-order valence-electron chi connectivity index (χ2n) is 5.76. The Morgan fingerprint density at radius 1 is 1.32 bits per heavy atom. The molecule has 0 aromatic carbocycles. The molecule has 1 amide bonds. The molecule has 0 spiro atoms. The Hall–Kier alpha value is -0.690. The Labute approximate surface area is 120 Å². The van der Waals surface area contributed by atoms with Gasteiger partial charge in [0, 0.05) is 11.3 Å². The summed E-state index contributed by atoms with van der Waals surface area (Å²) in [6.45, 7) is 2.17. The van der Waals surface area contributed by atoms with Crippen LogP contribution in [0.2, 0.25) is 0 Å². The Kier molecular flexibility index (Phi) is 5.15. The van der Waals surface area contributed by atoms with Crippen LogP contribution in [0, 0.1) is 16.7 Å². The summed E-state index contributed by atoms with van der Waals surface area (Å²) in [6.07, 6.45) is 8.14. The molecule has 2 rings (SSSR count). The summed E-state index contributed by atoms with van der Waals surface area (Å²) < 4.78 is 0. The lowest BCUT2D eigenvalue weighted by Gasteiger charge is -2.31. The van der Waals surface area contributed by atoms with Crippen molar-refractivity contribution in [3.8, 4) is 6.07 Å². The molecule has 0 saturated heterocycles. The van der Waals surface area contributed by atoms with Crippen LogP contribution in [0.4, 0.5) is 0 Å². The maximum absolute atomic E-state index is 12.5. The Morgan fingerprint density at radius 3 is 2.68 bits per heavy atom. The standard InChI is InChI=1S/C15H24N2OS/c1-2-19-13-8-6-7-12(13)17-14(18)15(11-16)9-4-3-5-10-15/h12-13H,2-10H2,1H3,(H,17,18). The van der Waals surface area contributed by atoms with Crippen LogP contribution in [-0.4, -0.2) is 23.0 Å². The number of nitrogens with one attached hydrogen (secondary N) is 1. The number of amides is 1. The molecule has 2 aliphatic carbocycles. The Balaban J connectivity index is 1.97. The molecule has 0 radical (unpaired) electrons. The molecule has 2 unspecified atom stereocenters. The van der Waals surface area contributed by atoms with Gasteiger partial charge in [-0.05, 0) is 31.4 Å².